The van der Waals surface area contributed by atoms with Crippen LogP contribution in [0.5, 0.6) is 0 Å². The molecule has 1 aliphatic rings. The summed E-state index contributed by atoms with van der Waals surface area (Å²) in [5.41, 5.74) is 0. The van der Waals surface area contributed by atoms with Gasteiger partial charge in [0.25, 0.3) is 0 Å². The molecule has 0 aromatic carbocycles. The summed E-state index contributed by atoms with van der Waals surface area (Å²) in [5, 5.41) is 8.30. The molecule has 96 valence electrons. The molecule has 0 radical (unpaired) electrons. The molecule has 1 atom stereocenters. The highest BCUT2D eigenvalue weighted by Crippen LogP contribution is 2.21. The number of hydrogen-bond donors (Lipinski definition) is 0. The van der Waals surface area contributed by atoms with Crippen LogP contribution in [0.2, 0.25) is 0 Å². The third-order valence-corrected chi connectivity index (χ3v) is 2.87. The van der Waals surface area contributed by atoms with Crippen molar-refractivity contribution in [3.8, 4) is 0 Å². The molecule has 1 saturated heterocycles. The van der Waals surface area contributed by atoms with Crippen molar-refractivity contribution in [1.82, 2.24) is 14.8 Å². The number of ether oxygens (including phenoxy) is 2. The highest BCUT2D eigenvalue weighted by Gasteiger charge is 2.24. The van der Waals surface area contributed by atoms with Crippen LogP contribution in [0.25, 0.3) is 0 Å². The van der Waals surface area contributed by atoms with Crippen molar-refractivity contribution in [1.29, 1.82) is 0 Å². The van der Waals surface area contributed by atoms with Gasteiger partial charge >= 0.3 is 0 Å². The molecule has 6 heteroatoms. The monoisotopic (exact) mass is 259 g/mol. The number of alkyl halides is 1. The Bertz CT molecular complexity index is 362. The molecule has 1 aromatic rings. The third kappa shape index (κ3) is 2.97. The minimum absolute atomic E-state index is 0.119. The lowest BCUT2D eigenvalue weighted by molar-refractivity contribution is -0.0949. The van der Waals surface area contributed by atoms with Gasteiger partial charge < -0.3 is 14.0 Å². The van der Waals surface area contributed by atoms with E-state index in [0.717, 1.165) is 18.2 Å². The van der Waals surface area contributed by atoms with Crippen LogP contribution in [0.15, 0.2) is 0 Å². The van der Waals surface area contributed by atoms with Crippen molar-refractivity contribution in [2.75, 3.05) is 19.8 Å². The fourth-order valence-corrected chi connectivity index (χ4v) is 2.08. The molecule has 0 amide bonds. The molecule has 0 aliphatic carbocycles. The number of nitrogens with zero attached hydrogens (tertiary/aromatic N) is 3. The standard InChI is InChI=1S/C11H18ClN3O2/c1-8(2)6-15-10(5-12)13-14-11(15)9-7-16-3-4-17-9/h8-9H,3-7H2,1-2H3. The first-order chi connectivity index (χ1) is 8.22. The molecule has 1 fully saturated rings. The molecule has 0 bridgehead atoms. The van der Waals surface area contributed by atoms with Crippen LogP contribution in [-0.2, 0) is 21.9 Å². The highest BCUT2D eigenvalue weighted by atomic mass is 35.5. The van der Waals surface area contributed by atoms with Crippen molar-refractivity contribution in [2.24, 2.45) is 5.92 Å². The van der Waals surface area contributed by atoms with Crippen LogP contribution in [0.4, 0.5) is 0 Å². The smallest absolute Gasteiger partial charge is 0.164 e. The zero-order valence-corrected chi connectivity index (χ0v) is 11.0. The summed E-state index contributed by atoms with van der Waals surface area (Å²) < 4.78 is 13.1. The van der Waals surface area contributed by atoms with Gasteiger partial charge in [-0.1, -0.05) is 13.8 Å². The molecular formula is C11H18ClN3O2. The molecule has 2 heterocycles. The number of halogens is 1. The lowest BCUT2D eigenvalue weighted by atomic mass is 10.2. The first-order valence-electron chi connectivity index (χ1n) is 5.89. The average Bonchev–Trinajstić information content (AvgIpc) is 2.72. The highest BCUT2D eigenvalue weighted by molar-refractivity contribution is 6.16. The SMILES string of the molecule is CC(C)Cn1c(CCl)nnc1C1COCCO1. The zero-order chi connectivity index (χ0) is 12.3. The van der Waals surface area contributed by atoms with Crippen LogP contribution in [-0.4, -0.2) is 34.6 Å². The van der Waals surface area contributed by atoms with E-state index >= 15 is 0 Å². The Balaban J connectivity index is 2.22. The first-order valence-corrected chi connectivity index (χ1v) is 6.43. The summed E-state index contributed by atoms with van der Waals surface area (Å²) in [6.07, 6.45) is -0.119. The Kier molecular flexibility index (Phi) is 4.36. The normalized spacial score (nSPS) is 21.1. The Morgan fingerprint density at radius 2 is 2.24 bits per heavy atom. The van der Waals surface area contributed by atoms with Crippen LogP contribution >= 0.6 is 11.6 Å². The van der Waals surface area contributed by atoms with Gasteiger partial charge in [-0.25, -0.2) is 0 Å². The number of hydrogen-bond acceptors (Lipinski definition) is 4. The van der Waals surface area contributed by atoms with Crippen molar-refractivity contribution in [3.05, 3.63) is 11.6 Å². The zero-order valence-electron chi connectivity index (χ0n) is 10.2. The van der Waals surface area contributed by atoms with Crippen molar-refractivity contribution >= 4 is 11.6 Å². The summed E-state index contributed by atoms with van der Waals surface area (Å²) in [4.78, 5) is 0. The molecule has 2 rings (SSSR count). The fraction of sp³-hybridized carbons (Fsp3) is 0.818. The van der Waals surface area contributed by atoms with Gasteiger partial charge in [0.1, 0.15) is 11.9 Å². The van der Waals surface area contributed by atoms with E-state index in [1.54, 1.807) is 0 Å². The second-order valence-electron chi connectivity index (χ2n) is 4.55. The van der Waals surface area contributed by atoms with E-state index < -0.39 is 0 Å². The molecule has 5 nitrogen and oxygen atoms in total. The van der Waals surface area contributed by atoms with Crippen LogP contribution in [0.3, 0.4) is 0 Å². The predicted molar refractivity (Wildman–Crippen MR) is 63.9 cm³/mol. The minimum atomic E-state index is -0.119. The van der Waals surface area contributed by atoms with Crippen LogP contribution < -0.4 is 0 Å². The van der Waals surface area contributed by atoms with Gasteiger partial charge in [-0.3, -0.25) is 0 Å². The van der Waals surface area contributed by atoms with Gasteiger partial charge in [-0.05, 0) is 5.92 Å². The molecule has 0 saturated carbocycles. The molecular weight excluding hydrogens is 242 g/mol. The van der Waals surface area contributed by atoms with Gasteiger partial charge in [-0.15, -0.1) is 21.8 Å². The average molecular weight is 260 g/mol. The Labute approximate surface area is 106 Å². The summed E-state index contributed by atoms with van der Waals surface area (Å²) in [6.45, 7) is 6.95. The van der Waals surface area contributed by atoms with Gasteiger partial charge in [0.05, 0.1) is 25.7 Å². The second kappa shape index (κ2) is 5.80. The largest absolute Gasteiger partial charge is 0.376 e. The molecule has 0 N–H and O–H groups in total. The molecule has 1 aliphatic heterocycles. The van der Waals surface area contributed by atoms with Gasteiger partial charge in [0, 0.05) is 6.54 Å². The van der Waals surface area contributed by atoms with E-state index in [1.165, 1.54) is 0 Å². The molecule has 1 unspecified atom stereocenters. The second-order valence-corrected chi connectivity index (χ2v) is 4.81. The van der Waals surface area contributed by atoms with E-state index in [4.69, 9.17) is 21.1 Å². The van der Waals surface area contributed by atoms with Crippen molar-refractivity contribution < 1.29 is 9.47 Å². The van der Waals surface area contributed by atoms with Gasteiger partial charge in [0.2, 0.25) is 0 Å². The minimum Gasteiger partial charge on any atom is -0.376 e. The van der Waals surface area contributed by atoms with Gasteiger partial charge in [0.15, 0.2) is 5.82 Å². The Morgan fingerprint density at radius 1 is 1.41 bits per heavy atom. The van der Waals surface area contributed by atoms with Crippen LogP contribution in [0, 0.1) is 5.92 Å². The number of rotatable bonds is 4. The Hall–Kier alpha value is -0.650. The van der Waals surface area contributed by atoms with E-state index in [0.29, 0.717) is 31.6 Å². The Morgan fingerprint density at radius 3 is 2.82 bits per heavy atom. The lowest BCUT2D eigenvalue weighted by Crippen LogP contribution is -2.25. The molecule has 0 spiro atoms. The maximum atomic E-state index is 5.87. The summed E-state index contributed by atoms with van der Waals surface area (Å²) >= 11 is 5.87. The molecule has 17 heavy (non-hydrogen) atoms. The summed E-state index contributed by atoms with van der Waals surface area (Å²) in [6, 6.07) is 0. The van der Waals surface area contributed by atoms with Gasteiger partial charge in [-0.2, -0.15) is 0 Å². The predicted octanol–water partition coefficient (Wildman–Crippen LogP) is 1.76. The van der Waals surface area contributed by atoms with Crippen molar-refractivity contribution in [2.45, 2.75) is 32.4 Å². The maximum absolute atomic E-state index is 5.87. The van der Waals surface area contributed by atoms with E-state index in [-0.39, 0.29) is 6.10 Å². The van der Waals surface area contributed by atoms with Crippen LogP contribution in [0.1, 0.15) is 31.6 Å². The third-order valence-electron chi connectivity index (χ3n) is 2.63. The number of aromatic nitrogens is 3. The van der Waals surface area contributed by atoms with E-state index in [2.05, 4.69) is 28.6 Å². The van der Waals surface area contributed by atoms with E-state index in [9.17, 15) is 0 Å². The first kappa shape index (κ1) is 12.8. The molecule has 1 aromatic heterocycles. The van der Waals surface area contributed by atoms with E-state index in [1.807, 2.05) is 0 Å². The summed E-state index contributed by atoms with van der Waals surface area (Å²) in [7, 11) is 0. The quantitative estimate of drug-likeness (QED) is 0.773. The fourth-order valence-electron chi connectivity index (χ4n) is 1.89. The van der Waals surface area contributed by atoms with Crippen molar-refractivity contribution in [3.63, 3.8) is 0 Å². The summed E-state index contributed by atoms with van der Waals surface area (Å²) in [5.74, 6) is 2.50. The lowest BCUT2D eigenvalue weighted by Gasteiger charge is -2.23. The maximum Gasteiger partial charge on any atom is 0.164 e. The topological polar surface area (TPSA) is 49.2 Å².